The Morgan fingerprint density at radius 2 is 2.00 bits per heavy atom. The zero-order valence-corrected chi connectivity index (χ0v) is 21.8. The lowest BCUT2D eigenvalue weighted by atomic mass is 9.73. The Balaban J connectivity index is 1.75. The van der Waals surface area contributed by atoms with Crippen molar-refractivity contribution >= 4 is 35.0 Å². The largest absolute Gasteiger partial charge is 0.462 e. The van der Waals surface area contributed by atoms with Crippen molar-refractivity contribution in [3.05, 3.63) is 0 Å². The molecule has 3 fully saturated rings. The van der Waals surface area contributed by atoms with Crippen LogP contribution < -0.4 is 0 Å². The zero-order valence-electron chi connectivity index (χ0n) is 19.8. The fraction of sp³-hybridized carbons (Fsp3) is 0.864. The second-order valence-electron chi connectivity index (χ2n) is 11.2. The molecule has 0 aromatic rings. The van der Waals surface area contributed by atoms with E-state index in [-0.39, 0.29) is 23.9 Å². The van der Waals surface area contributed by atoms with E-state index in [1.807, 2.05) is 33.9 Å². The van der Waals surface area contributed by atoms with Crippen molar-refractivity contribution in [2.24, 2.45) is 22.7 Å². The molecule has 6 atom stereocenters. The SMILES string of the molecule is CCC(C)(C)C(=O)OC1C2CC3C1OC(=O)C3(C(=O)OC(C[Si](C)C)C[Si](C)(C)O)C2. The van der Waals surface area contributed by atoms with Crippen LogP contribution >= 0.6 is 0 Å². The highest BCUT2D eigenvalue weighted by atomic mass is 28.4. The van der Waals surface area contributed by atoms with Crippen LogP contribution in [0.15, 0.2) is 0 Å². The fourth-order valence-corrected chi connectivity index (χ4v) is 8.05. The van der Waals surface area contributed by atoms with Crippen molar-refractivity contribution in [1.82, 2.24) is 0 Å². The highest BCUT2D eigenvalue weighted by Crippen LogP contribution is 2.63. The molecule has 1 aliphatic heterocycles. The third kappa shape index (κ3) is 4.50. The monoisotopic (exact) mass is 469 g/mol. The van der Waals surface area contributed by atoms with Gasteiger partial charge in [0.1, 0.15) is 12.2 Å². The molecule has 2 aliphatic carbocycles. The van der Waals surface area contributed by atoms with Crippen LogP contribution in [0.25, 0.3) is 0 Å². The smallest absolute Gasteiger partial charge is 0.324 e. The van der Waals surface area contributed by atoms with Crippen LogP contribution in [0.5, 0.6) is 0 Å². The Hall–Kier alpha value is -1.20. The van der Waals surface area contributed by atoms with Crippen molar-refractivity contribution in [2.45, 2.75) is 96.6 Å². The van der Waals surface area contributed by atoms with Crippen molar-refractivity contribution in [3.8, 4) is 0 Å². The van der Waals surface area contributed by atoms with Gasteiger partial charge in [0.25, 0.3) is 0 Å². The third-order valence-corrected chi connectivity index (χ3v) is 9.97. The van der Waals surface area contributed by atoms with Gasteiger partial charge in [0.2, 0.25) is 0 Å². The first-order valence-corrected chi connectivity index (χ1v) is 17.2. The van der Waals surface area contributed by atoms with Crippen molar-refractivity contribution in [3.63, 3.8) is 0 Å². The standard InChI is InChI=1S/C22H37O7Si2/c1-8-21(2,3)18(23)28-16-13-9-15-17(16)29-20(25)22(15,10-13)19(24)27-14(11-30(4)5)12-31(6,7)26/h13-17,26H,8-12H2,1-7H3. The maximum atomic E-state index is 13.4. The molecule has 1 N–H and O–H groups in total. The molecular weight excluding hydrogens is 432 g/mol. The lowest BCUT2D eigenvalue weighted by molar-refractivity contribution is -0.170. The fourth-order valence-electron chi connectivity index (χ4n) is 5.28. The number of carbonyl (C=O) groups excluding carboxylic acids is 3. The molecule has 3 rings (SSSR count). The van der Waals surface area contributed by atoms with Gasteiger partial charge in [0.05, 0.1) is 11.5 Å². The van der Waals surface area contributed by atoms with Gasteiger partial charge in [-0.25, -0.2) is 0 Å². The van der Waals surface area contributed by atoms with E-state index >= 15 is 0 Å². The molecule has 6 unspecified atom stereocenters. The number of hydrogen-bond acceptors (Lipinski definition) is 7. The second kappa shape index (κ2) is 8.30. The molecule has 1 heterocycles. The van der Waals surface area contributed by atoms with Crippen LogP contribution in [0.4, 0.5) is 0 Å². The zero-order chi connectivity index (χ0) is 23.4. The molecule has 0 amide bonds. The van der Waals surface area contributed by atoms with E-state index in [0.717, 1.165) is 6.04 Å². The Labute approximate surface area is 187 Å². The number of esters is 3. The summed E-state index contributed by atoms with van der Waals surface area (Å²) in [7, 11) is -3.13. The van der Waals surface area contributed by atoms with E-state index in [0.29, 0.717) is 25.3 Å². The van der Waals surface area contributed by atoms with Gasteiger partial charge < -0.3 is 19.0 Å². The van der Waals surface area contributed by atoms with E-state index in [1.165, 1.54) is 0 Å². The minimum Gasteiger partial charge on any atom is -0.462 e. The van der Waals surface area contributed by atoms with Gasteiger partial charge in [0.15, 0.2) is 13.7 Å². The molecule has 0 aromatic carbocycles. The summed E-state index contributed by atoms with van der Waals surface area (Å²) in [5.74, 6) is -1.74. The highest BCUT2D eigenvalue weighted by molar-refractivity contribution is 6.70. The quantitative estimate of drug-likeness (QED) is 0.240. The van der Waals surface area contributed by atoms with Crippen LogP contribution in [0, 0.1) is 22.7 Å². The lowest BCUT2D eigenvalue weighted by Gasteiger charge is -2.33. The number of ether oxygens (including phenoxy) is 3. The van der Waals surface area contributed by atoms with E-state index in [1.54, 1.807) is 0 Å². The van der Waals surface area contributed by atoms with E-state index in [9.17, 15) is 19.2 Å². The van der Waals surface area contributed by atoms with Crippen LogP contribution in [0.3, 0.4) is 0 Å². The van der Waals surface area contributed by atoms with E-state index in [4.69, 9.17) is 14.2 Å². The summed E-state index contributed by atoms with van der Waals surface area (Å²) in [5.41, 5.74) is -1.89. The van der Waals surface area contributed by atoms with Crippen molar-refractivity contribution < 1.29 is 33.4 Å². The minimum absolute atomic E-state index is 0.0790. The van der Waals surface area contributed by atoms with Gasteiger partial charge in [-0.15, -0.1) is 0 Å². The topological polar surface area (TPSA) is 99.1 Å². The summed E-state index contributed by atoms with van der Waals surface area (Å²) in [6.45, 7) is 13.6. The first kappa shape index (κ1) is 24.4. The molecule has 1 saturated heterocycles. The van der Waals surface area contributed by atoms with Gasteiger partial charge in [-0.05, 0) is 52.2 Å². The molecule has 2 bridgehead atoms. The lowest BCUT2D eigenvalue weighted by Crippen LogP contribution is -2.47. The predicted molar refractivity (Wildman–Crippen MR) is 119 cm³/mol. The second-order valence-corrected chi connectivity index (χ2v) is 18.1. The third-order valence-electron chi connectivity index (χ3n) is 7.25. The summed E-state index contributed by atoms with van der Waals surface area (Å²) in [4.78, 5) is 49.3. The van der Waals surface area contributed by atoms with E-state index in [2.05, 4.69) is 13.1 Å². The average molecular weight is 470 g/mol. The van der Waals surface area contributed by atoms with Gasteiger partial charge >= 0.3 is 17.9 Å². The number of rotatable bonds is 9. The molecular formula is C22H37O7Si2. The molecule has 31 heavy (non-hydrogen) atoms. The first-order valence-electron chi connectivity index (χ1n) is 11.4. The summed E-state index contributed by atoms with van der Waals surface area (Å²) >= 11 is 0. The Morgan fingerprint density at radius 3 is 2.55 bits per heavy atom. The van der Waals surface area contributed by atoms with Crippen LogP contribution in [-0.4, -0.2) is 58.1 Å². The molecule has 0 spiro atoms. The minimum atomic E-state index is -2.44. The molecule has 175 valence electrons. The number of fused-ring (bicyclic) bond motifs is 1. The van der Waals surface area contributed by atoms with Crippen LogP contribution in [-0.2, 0) is 28.6 Å². The van der Waals surface area contributed by atoms with Crippen molar-refractivity contribution in [2.75, 3.05) is 0 Å². The summed E-state index contributed by atoms with van der Waals surface area (Å²) < 4.78 is 17.4. The molecule has 9 heteroatoms. The highest BCUT2D eigenvalue weighted by Gasteiger charge is 2.75. The molecule has 3 aliphatic rings. The van der Waals surface area contributed by atoms with E-state index < -0.39 is 52.1 Å². The van der Waals surface area contributed by atoms with Gasteiger partial charge in [-0.1, -0.05) is 20.0 Å². The van der Waals surface area contributed by atoms with Crippen molar-refractivity contribution in [1.29, 1.82) is 0 Å². The number of hydrogen-bond donors (Lipinski definition) is 1. The summed E-state index contributed by atoms with van der Waals surface area (Å²) in [5, 5.41) is 0. The first-order chi connectivity index (χ1) is 14.2. The molecule has 1 radical (unpaired) electrons. The maximum absolute atomic E-state index is 13.4. The normalized spacial score (nSPS) is 32.9. The van der Waals surface area contributed by atoms with Gasteiger partial charge in [0, 0.05) is 26.7 Å². The van der Waals surface area contributed by atoms with Crippen LogP contribution in [0.1, 0.15) is 40.0 Å². The summed E-state index contributed by atoms with van der Waals surface area (Å²) in [6.07, 6.45) is 0.141. The molecule has 2 saturated carbocycles. The maximum Gasteiger partial charge on any atom is 0.324 e. The Morgan fingerprint density at radius 1 is 1.35 bits per heavy atom. The number of carbonyl (C=O) groups is 3. The van der Waals surface area contributed by atoms with Gasteiger partial charge in [-0.3, -0.25) is 14.4 Å². The molecule has 0 aromatic heterocycles. The predicted octanol–water partition coefficient (Wildman–Crippen LogP) is 3.15. The molecule has 7 nitrogen and oxygen atoms in total. The Kier molecular flexibility index (Phi) is 6.54. The van der Waals surface area contributed by atoms with Gasteiger partial charge in [-0.2, -0.15) is 0 Å². The summed E-state index contributed by atoms with van der Waals surface area (Å²) in [6, 6.07) is 1.20. The van der Waals surface area contributed by atoms with Crippen LogP contribution in [0.2, 0.25) is 38.3 Å². The Bertz CT molecular complexity index is 745. The average Bonchev–Trinajstić information content (AvgIpc) is 3.22.